The van der Waals surface area contributed by atoms with Crippen LogP contribution >= 0.6 is 23.2 Å². The summed E-state index contributed by atoms with van der Waals surface area (Å²) in [5.74, 6) is 0.343. The van der Waals surface area contributed by atoms with Crippen LogP contribution in [0.3, 0.4) is 0 Å². The maximum absolute atomic E-state index is 13.1. The Bertz CT molecular complexity index is 370. The first kappa shape index (κ1) is 14.7. The summed E-state index contributed by atoms with van der Waals surface area (Å²) in [4.78, 5) is 0. The van der Waals surface area contributed by atoms with Crippen molar-refractivity contribution >= 4 is 23.2 Å². The zero-order valence-electron chi connectivity index (χ0n) is 10.2. The number of rotatable bonds is 6. The van der Waals surface area contributed by atoms with E-state index in [1.807, 2.05) is 0 Å². The Morgan fingerprint density at radius 3 is 2.71 bits per heavy atom. The molecule has 1 aromatic carbocycles. The minimum absolute atomic E-state index is 0.0304. The Labute approximate surface area is 112 Å². The van der Waals surface area contributed by atoms with Crippen LogP contribution in [-0.4, -0.2) is 11.4 Å². The molecule has 0 bridgehead atoms. The lowest BCUT2D eigenvalue weighted by Crippen LogP contribution is -2.41. The third-order valence-corrected chi connectivity index (χ3v) is 3.70. The van der Waals surface area contributed by atoms with Gasteiger partial charge < -0.3 is 5.32 Å². The van der Waals surface area contributed by atoms with Crippen molar-refractivity contribution < 1.29 is 4.39 Å². The van der Waals surface area contributed by atoms with Gasteiger partial charge in [0.1, 0.15) is 5.82 Å². The quantitative estimate of drug-likeness (QED) is 0.762. The molecule has 4 heteroatoms. The largest absolute Gasteiger partial charge is 0.307 e. The maximum atomic E-state index is 13.1. The molecular weight excluding hydrogens is 260 g/mol. The van der Waals surface area contributed by atoms with Crippen molar-refractivity contribution in [2.45, 2.75) is 38.8 Å². The zero-order valence-corrected chi connectivity index (χ0v) is 11.7. The van der Waals surface area contributed by atoms with Gasteiger partial charge in [0.05, 0.1) is 0 Å². The molecule has 1 N–H and O–H groups in total. The van der Waals surface area contributed by atoms with Crippen molar-refractivity contribution in [1.82, 2.24) is 5.32 Å². The van der Waals surface area contributed by atoms with Gasteiger partial charge in [0.25, 0.3) is 0 Å². The van der Waals surface area contributed by atoms with Gasteiger partial charge in [-0.05, 0) is 43.5 Å². The van der Waals surface area contributed by atoms with Crippen molar-refractivity contribution in [3.63, 3.8) is 0 Å². The molecule has 1 nitrogen and oxygen atoms in total. The number of hydrogen-bond donors (Lipinski definition) is 1. The molecule has 0 aliphatic carbocycles. The lowest BCUT2D eigenvalue weighted by atomic mass is 9.95. The molecule has 0 amide bonds. The van der Waals surface area contributed by atoms with Crippen LogP contribution in [0.25, 0.3) is 0 Å². The predicted molar refractivity (Wildman–Crippen MR) is 72.3 cm³/mol. The van der Waals surface area contributed by atoms with Crippen molar-refractivity contribution in [3.05, 3.63) is 34.6 Å². The topological polar surface area (TPSA) is 12.0 Å². The van der Waals surface area contributed by atoms with Gasteiger partial charge in [-0.2, -0.15) is 0 Å². The number of hydrogen-bond acceptors (Lipinski definition) is 1. The molecular formula is C13H18Cl2FN. The Morgan fingerprint density at radius 1 is 1.41 bits per heavy atom. The summed E-state index contributed by atoms with van der Waals surface area (Å²) >= 11 is 11.8. The van der Waals surface area contributed by atoms with E-state index in [2.05, 4.69) is 19.2 Å². The SMILES string of the molecule is CCC(C)(CCCl)NCc1cc(F)ccc1Cl. The lowest BCUT2D eigenvalue weighted by Gasteiger charge is -2.29. The van der Waals surface area contributed by atoms with Crippen LogP contribution in [0.1, 0.15) is 32.3 Å². The fourth-order valence-corrected chi connectivity index (χ4v) is 2.19. The molecule has 0 saturated heterocycles. The first-order valence-electron chi connectivity index (χ1n) is 5.75. The first-order valence-corrected chi connectivity index (χ1v) is 6.67. The smallest absolute Gasteiger partial charge is 0.123 e. The molecule has 0 aromatic heterocycles. The van der Waals surface area contributed by atoms with E-state index in [-0.39, 0.29) is 11.4 Å². The van der Waals surface area contributed by atoms with Crippen LogP contribution in [-0.2, 0) is 6.54 Å². The molecule has 1 unspecified atom stereocenters. The van der Waals surface area contributed by atoms with Crippen molar-refractivity contribution in [2.75, 3.05) is 5.88 Å². The van der Waals surface area contributed by atoms with E-state index in [1.54, 1.807) is 6.07 Å². The summed E-state index contributed by atoms with van der Waals surface area (Å²) in [6.45, 7) is 4.77. The second-order valence-corrected chi connectivity index (χ2v) is 5.23. The maximum Gasteiger partial charge on any atom is 0.123 e. The number of benzene rings is 1. The molecule has 0 fully saturated rings. The third-order valence-electron chi connectivity index (χ3n) is 3.14. The second kappa shape index (κ2) is 6.58. The van der Waals surface area contributed by atoms with Crippen LogP contribution in [0.15, 0.2) is 18.2 Å². The molecule has 0 spiro atoms. The fourth-order valence-electron chi connectivity index (χ4n) is 1.59. The van der Waals surface area contributed by atoms with E-state index in [0.29, 0.717) is 17.4 Å². The van der Waals surface area contributed by atoms with Crippen LogP contribution < -0.4 is 5.32 Å². The monoisotopic (exact) mass is 277 g/mol. The molecule has 0 saturated carbocycles. The van der Waals surface area contributed by atoms with Crippen molar-refractivity contribution in [2.24, 2.45) is 0 Å². The van der Waals surface area contributed by atoms with E-state index in [4.69, 9.17) is 23.2 Å². The highest BCUT2D eigenvalue weighted by Crippen LogP contribution is 2.20. The molecule has 0 heterocycles. The molecule has 1 rings (SSSR count). The minimum atomic E-state index is -0.262. The predicted octanol–water partition coefficient (Wildman–Crippen LogP) is 4.37. The van der Waals surface area contributed by atoms with E-state index >= 15 is 0 Å². The molecule has 0 aliphatic rings. The average Bonchev–Trinajstić information content (AvgIpc) is 2.31. The highest BCUT2D eigenvalue weighted by atomic mass is 35.5. The van der Waals surface area contributed by atoms with Gasteiger partial charge in [0.15, 0.2) is 0 Å². The van der Waals surface area contributed by atoms with Crippen LogP contribution in [0.4, 0.5) is 4.39 Å². The van der Waals surface area contributed by atoms with Gasteiger partial charge in [0, 0.05) is 23.0 Å². The number of alkyl halides is 1. The Balaban J connectivity index is 2.68. The standard InChI is InChI=1S/C13H18Cl2FN/c1-3-13(2,6-7-14)17-9-10-8-11(16)4-5-12(10)15/h4-5,8,17H,3,6-7,9H2,1-2H3. The van der Waals surface area contributed by atoms with Crippen LogP contribution in [0, 0.1) is 5.82 Å². The van der Waals surface area contributed by atoms with Gasteiger partial charge in [-0.3, -0.25) is 0 Å². The number of nitrogens with one attached hydrogen (secondary N) is 1. The molecule has 0 radical (unpaired) electrons. The van der Waals surface area contributed by atoms with Gasteiger partial charge in [-0.25, -0.2) is 4.39 Å². The highest BCUT2D eigenvalue weighted by Gasteiger charge is 2.20. The highest BCUT2D eigenvalue weighted by molar-refractivity contribution is 6.31. The van der Waals surface area contributed by atoms with Crippen LogP contribution in [0.2, 0.25) is 5.02 Å². The Kier molecular flexibility index (Phi) is 5.71. The summed E-state index contributed by atoms with van der Waals surface area (Å²) in [5, 5.41) is 3.98. The normalized spacial score (nSPS) is 14.6. The van der Waals surface area contributed by atoms with Gasteiger partial charge in [0.2, 0.25) is 0 Å². The van der Waals surface area contributed by atoms with Gasteiger partial charge >= 0.3 is 0 Å². The van der Waals surface area contributed by atoms with E-state index in [1.165, 1.54) is 12.1 Å². The molecule has 1 atom stereocenters. The van der Waals surface area contributed by atoms with E-state index < -0.39 is 0 Å². The second-order valence-electron chi connectivity index (χ2n) is 4.44. The summed E-state index contributed by atoms with van der Waals surface area (Å²) < 4.78 is 13.1. The summed E-state index contributed by atoms with van der Waals surface area (Å²) in [7, 11) is 0. The Morgan fingerprint density at radius 2 is 2.12 bits per heavy atom. The first-order chi connectivity index (χ1) is 8.00. The zero-order chi connectivity index (χ0) is 12.9. The van der Waals surface area contributed by atoms with E-state index in [0.717, 1.165) is 18.4 Å². The van der Waals surface area contributed by atoms with Gasteiger partial charge in [-0.15, -0.1) is 11.6 Å². The van der Waals surface area contributed by atoms with Crippen molar-refractivity contribution in [1.29, 1.82) is 0 Å². The average molecular weight is 278 g/mol. The van der Waals surface area contributed by atoms with Gasteiger partial charge in [-0.1, -0.05) is 18.5 Å². The fraction of sp³-hybridized carbons (Fsp3) is 0.538. The summed E-state index contributed by atoms with van der Waals surface area (Å²) in [5.41, 5.74) is 0.748. The van der Waals surface area contributed by atoms with Crippen molar-refractivity contribution in [3.8, 4) is 0 Å². The minimum Gasteiger partial charge on any atom is -0.307 e. The number of halogens is 3. The molecule has 17 heavy (non-hydrogen) atoms. The molecule has 96 valence electrons. The lowest BCUT2D eigenvalue weighted by molar-refractivity contribution is 0.331. The Hall–Kier alpha value is -0.310. The van der Waals surface area contributed by atoms with Crippen LogP contribution in [0.5, 0.6) is 0 Å². The summed E-state index contributed by atoms with van der Waals surface area (Å²) in [6, 6.07) is 4.41. The molecule has 1 aromatic rings. The van der Waals surface area contributed by atoms with E-state index in [9.17, 15) is 4.39 Å². The third kappa shape index (κ3) is 4.46. The summed E-state index contributed by atoms with van der Waals surface area (Å²) in [6.07, 6.45) is 1.84. The molecule has 0 aliphatic heterocycles.